The van der Waals surface area contributed by atoms with Gasteiger partial charge in [-0.05, 0) is 48.2 Å². The van der Waals surface area contributed by atoms with Crippen LogP contribution in [-0.2, 0) is 36.5 Å². The molecule has 0 unspecified atom stereocenters. The van der Waals surface area contributed by atoms with Crippen molar-refractivity contribution in [1.82, 2.24) is 0 Å². The lowest BCUT2D eigenvalue weighted by molar-refractivity contribution is -0.205. The van der Waals surface area contributed by atoms with Gasteiger partial charge in [0.15, 0.2) is 5.79 Å². The number of carbonyl (C=O) groups is 1. The summed E-state index contributed by atoms with van der Waals surface area (Å²) in [6.45, 7) is 18.3. The van der Waals surface area contributed by atoms with E-state index in [1.54, 1.807) is 18.2 Å². The van der Waals surface area contributed by atoms with Crippen LogP contribution in [0.1, 0.15) is 76.9 Å². The average molecular weight is 600 g/mol. The molecule has 0 aliphatic carbocycles. The Morgan fingerprint density at radius 2 is 1.67 bits per heavy atom. The number of epoxide rings is 1. The summed E-state index contributed by atoms with van der Waals surface area (Å²) in [6, 6.07) is 13.6. The summed E-state index contributed by atoms with van der Waals surface area (Å²) in [5.74, 6) is -0.772. The van der Waals surface area contributed by atoms with Gasteiger partial charge in [-0.3, -0.25) is 0 Å². The lowest BCUT2D eigenvalue weighted by atomic mass is 9.97. The number of fused-ring (bicyclic) bond motifs is 2. The molecule has 0 radical (unpaired) electrons. The number of rotatable bonds is 12. The minimum absolute atomic E-state index is 0.0692. The van der Waals surface area contributed by atoms with E-state index in [1.165, 1.54) is 7.11 Å². The number of anilines is 1. The largest absolute Gasteiger partial charge is 0.489 e. The monoisotopic (exact) mass is 599 g/mol. The van der Waals surface area contributed by atoms with Gasteiger partial charge in [0.2, 0.25) is 8.32 Å². The zero-order valence-corrected chi connectivity index (χ0v) is 27.9. The summed E-state index contributed by atoms with van der Waals surface area (Å²) in [5.41, 5.74) is 4.32. The number of hydrogen-bond acceptors (Lipinski definition) is 8. The van der Waals surface area contributed by atoms with Crippen molar-refractivity contribution in [2.24, 2.45) is 0 Å². The Hall–Kier alpha value is -2.43. The molecular formula is C33H49NO7Si. The van der Waals surface area contributed by atoms with Gasteiger partial charge in [0.05, 0.1) is 31.0 Å². The van der Waals surface area contributed by atoms with Gasteiger partial charge in [-0.15, -0.1) is 0 Å². The average Bonchev–Trinajstić information content (AvgIpc) is 3.70. The van der Waals surface area contributed by atoms with Crippen molar-refractivity contribution in [1.29, 1.82) is 0 Å². The Kier molecular flexibility index (Phi) is 10.1. The molecule has 3 atom stereocenters. The maximum atomic E-state index is 12.9. The summed E-state index contributed by atoms with van der Waals surface area (Å²) in [6.07, 6.45) is 0.244. The van der Waals surface area contributed by atoms with Crippen LogP contribution in [0.2, 0.25) is 16.6 Å². The molecule has 0 spiro atoms. The van der Waals surface area contributed by atoms with Crippen molar-refractivity contribution in [3.63, 3.8) is 0 Å². The number of benzene rings is 2. The predicted octanol–water partition coefficient (Wildman–Crippen LogP) is 7.06. The number of nitrogens with zero attached hydrogens (tertiary/aromatic N) is 1. The third kappa shape index (κ3) is 6.86. The summed E-state index contributed by atoms with van der Waals surface area (Å²) >= 11 is 0. The summed E-state index contributed by atoms with van der Waals surface area (Å²) in [5, 5.41) is 1.79. The molecule has 2 aliphatic heterocycles. The van der Waals surface area contributed by atoms with Gasteiger partial charge < -0.3 is 23.4 Å². The number of hydrogen-bond donors (Lipinski definition) is 0. The second-order valence-corrected chi connectivity index (χ2v) is 18.2. The summed E-state index contributed by atoms with van der Waals surface area (Å²) in [7, 11) is 0.757. The molecule has 0 amide bonds. The SMILES string of the molecule is COC(=O)c1cc(OCc2ccccc2)c2c(c1)N(OC(C)(C)OC)C[C@H]1O[C@H]1[C@@H](O[Si](C(C)C)(C(C)C)C(C)C)C2. The van der Waals surface area contributed by atoms with Crippen molar-refractivity contribution in [3.05, 3.63) is 59.2 Å². The fourth-order valence-electron chi connectivity index (χ4n) is 6.54. The van der Waals surface area contributed by atoms with Gasteiger partial charge in [0, 0.05) is 19.1 Å². The van der Waals surface area contributed by atoms with Gasteiger partial charge in [-0.1, -0.05) is 71.9 Å². The van der Waals surface area contributed by atoms with Crippen LogP contribution in [0.25, 0.3) is 0 Å². The molecular weight excluding hydrogens is 550 g/mol. The molecule has 1 fully saturated rings. The van der Waals surface area contributed by atoms with Crippen molar-refractivity contribution in [3.8, 4) is 5.75 Å². The zero-order chi connectivity index (χ0) is 30.8. The molecule has 0 N–H and O–H groups in total. The second-order valence-electron chi connectivity index (χ2n) is 12.8. The first kappa shape index (κ1) is 32.5. The van der Waals surface area contributed by atoms with Crippen molar-refractivity contribution in [2.45, 2.75) is 109 Å². The number of esters is 1. The van der Waals surface area contributed by atoms with E-state index in [0.29, 0.717) is 47.5 Å². The van der Waals surface area contributed by atoms with Gasteiger partial charge in [-0.2, -0.15) is 0 Å². The molecule has 2 aromatic rings. The molecule has 232 valence electrons. The topological polar surface area (TPSA) is 79.0 Å². The number of hydroxylamine groups is 1. The maximum absolute atomic E-state index is 12.9. The number of carbonyl (C=O) groups excluding carboxylic acids is 1. The van der Waals surface area contributed by atoms with Crippen LogP contribution in [0, 0.1) is 0 Å². The van der Waals surface area contributed by atoms with Gasteiger partial charge in [0.25, 0.3) is 0 Å². The Bertz CT molecular complexity index is 1190. The maximum Gasteiger partial charge on any atom is 0.338 e. The first-order valence-electron chi connectivity index (χ1n) is 15.1. The molecule has 42 heavy (non-hydrogen) atoms. The van der Waals surface area contributed by atoms with Crippen LogP contribution in [-0.4, -0.2) is 59.2 Å². The molecule has 2 aliphatic rings. The first-order chi connectivity index (χ1) is 19.8. The Morgan fingerprint density at radius 1 is 1.02 bits per heavy atom. The lowest BCUT2D eigenvalue weighted by Crippen LogP contribution is -2.52. The molecule has 9 heteroatoms. The molecule has 2 aromatic carbocycles. The summed E-state index contributed by atoms with van der Waals surface area (Å²) < 4.78 is 30.9. The quantitative estimate of drug-likeness (QED) is 0.111. The van der Waals surface area contributed by atoms with Crippen molar-refractivity contribution < 1.29 is 33.0 Å². The van der Waals surface area contributed by atoms with E-state index in [9.17, 15) is 4.79 Å². The zero-order valence-electron chi connectivity index (χ0n) is 26.9. The third-order valence-electron chi connectivity index (χ3n) is 8.74. The Labute approximate surface area is 252 Å². The van der Waals surface area contributed by atoms with Gasteiger partial charge in [-0.25, -0.2) is 14.7 Å². The molecule has 2 heterocycles. The predicted molar refractivity (Wildman–Crippen MR) is 166 cm³/mol. The number of ether oxygens (including phenoxy) is 4. The van der Waals surface area contributed by atoms with Crippen molar-refractivity contribution >= 4 is 20.0 Å². The summed E-state index contributed by atoms with van der Waals surface area (Å²) in [4.78, 5) is 19.3. The third-order valence-corrected chi connectivity index (χ3v) is 14.9. The van der Waals surface area contributed by atoms with Crippen LogP contribution in [0.15, 0.2) is 42.5 Å². The first-order valence-corrected chi connectivity index (χ1v) is 17.2. The van der Waals surface area contributed by atoms with E-state index in [4.69, 9.17) is 28.2 Å². The molecule has 0 saturated carbocycles. The minimum atomic E-state index is -2.23. The smallest absolute Gasteiger partial charge is 0.338 e. The standard InChI is InChI=1S/C33H49NO7Si/c1-21(2)42(22(3)4,23(5)6)40-29-18-26-27(34(19-30-31(29)39-30)41-33(7,8)37-10)16-25(32(35)36-9)17-28(26)38-20-24-14-12-11-13-15-24/h11-17,21-23,29-31H,18-20H2,1-10H3/t29-,30+,31-/m0/s1. The molecule has 8 nitrogen and oxygen atoms in total. The lowest BCUT2D eigenvalue weighted by Gasteiger charge is -2.45. The van der Waals surface area contributed by atoms with Crippen LogP contribution in [0.4, 0.5) is 5.69 Å². The van der Waals surface area contributed by atoms with E-state index in [1.807, 2.05) is 50.2 Å². The van der Waals surface area contributed by atoms with Gasteiger partial charge in [0.1, 0.15) is 24.6 Å². The van der Waals surface area contributed by atoms with Crippen LogP contribution >= 0.6 is 0 Å². The highest BCUT2D eigenvalue weighted by atomic mass is 28.4. The Balaban J connectivity index is 1.84. The number of methoxy groups -OCH3 is 2. The fourth-order valence-corrected chi connectivity index (χ4v) is 12.1. The molecule has 0 bridgehead atoms. The van der Waals surface area contributed by atoms with Crippen LogP contribution in [0.5, 0.6) is 5.75 Å². The van der Waals surface area contributed by atoms with E-state index in [2.05, 4.69) is 41.5 Å². The highest BCUT2D eigenvalue weighted by molar-refractivity contribution is 6.77. The van der Waals surface area contributed by atoms with E-state index < -0.39 is 20.1 Å². The minimum Gasteiger partial charge on any atom is -0.489 e. The van der Waals surface area contributed by atoms with Crippen molar-refractivity contribution in [2.75, 3.05) is 25.8 Å². The highest BCUT2D eigenvalue weighted by Crippen LogP contribution is 2.48. The van der Waals surface area contributed by atoms with Crippen LogP contribution < -0.4 is 9.80 Å². The fraction of sp³-hybridized carbons (Fsp3) is 0.606. The molecule has 1 saturated heterocycles. The second kappa shape index (κ2) is 13.1. The molecule has 0 aromatic heterocycles. The van der Waals surface area contributed by atoms with E-state index in [-0.39, 0.29) is 18.3 Å². The molecule has 4 rings (SSSR count). The highest BCUT2D eigenvalue weighted by Gasteiger charge is 2.54. The van der Waals surface area contributed by atoms with E-state index >= 15 is 0 Å². The van der Waals surface area contributed by atoms with Crippen LogP contribution in [0.3, 0.4) is 0 Å². The van der Waals surface area contributed by atoms with E-state index in [0.717, 1.165) is 16.8 Å². The normalized spacial score (nSPS) is 20.7. The van der Waals surface area contributed by atoms with Gasteiger partial charge >= 0.3 is 5.97 Å². The Morgan fingerprint density at radius 3 is 2.24 bits per heavy atom.